The maximum Gasteiger partial charge on any atom is 0.351 e. The monoisotopic (exact) mass is 500 g/mol. The summed E-state index contributed by atoms with van der Waals surface area (Å²) in [5.41, 5.74) is -0.810. The lowest BCUT2D eigenvalue weighted by Crippen LogP contribution is -2.39. The molecule has 1 aliphatic heterocycles. The fraction of sp³-hybridized carbons (Fsp3) is 0.682. The quantitative estimate of drug-likeness (QED) is 0.256. The van der Waals surface area contributed by atoms with E-state index in [1.165, 1.54) is 19.2 Å². The lowest BCUT2D eigenvalue weighted by molar-refractivity contribution is -0.114. The summed E-state index contributed by atoms with van der Waals surface area (Å²) in [6.45, 7) is 9.02. The molecule has 5 unspecified atom stereocenters. The summed E-state index contributed by atoms with van der Waals surface area (Å²) in [4.78, 5) is 27.4. The molecule has 1 aromatic heterocycles. The average molecular weight is 501 g/mol. The number of terminal acetylenes is 1. The number of ether oxygens (including phenoxy) is 1. The molecule has 0 radical (unpaired) electrons. The van der Waals surface area contributed by atoms with Crippen LogP contribution >= 0.6 is 8.53 Å². The van der Waals surface area contributed by atoms with Crippen molar-refractivity contribution in [2.75, 3.05) is 18.5 Å². The minimum atomic E-state index is -1.79. The minimum absolute atomic E-state index is 0.0376. The van der Waals surface area contributed by atoms with Gasteiger partial charge >= 0.3 is 5.69 Å². The maximum absolute atomic E-state index is 15.6. The van der Waals surface area contributed by atoms with Crippen LogP contribution in [0.15, 0.2) is 17.1 Å². The van der Waals surface area contributed by atoms with Gasteiger partial charge in [0.05, 0.1) is 13.2 Å². The number of aliphatic hydroxyl groups excluding tert-OH is 1. The van der Waals surface area contributed by atoms with Crippen molar-refractivity contribution >= 4 is 20.3 Å². The first-order valence-corrected chi connectivity index (χ1v) is 12.3. The third kappa shape index (κ3) is 7.28. The third-order valence-corrected chi connectivity index (χ3v) is 7.11. The van der Waals surface area contributed by atoms with E-state index in [9.17, 15) is 14.7 Å². The molecule has 1 aliphatic rings. The molecule has 0 aromatic carbocycles. The number of nitrogens with zero attached hydrogens (tertiary/aromatic N) is 3. The van der Waals surface area contributed by atoms with E-state index in [2.05, 4.69) is 16.2 Å². The number of halogens is 1. The number of carbonyl (C=O) groups is 1. The Hall–Kier alpha value is -1.93. The molecule has 0 spiro atoms. The van der Waals surface area contributed by atoms with E-state index < -0.39 is 51.3 Å². The predicted molar refractivity (Wildman–Crippen MR) is 127 cm³/mol. The summed E-state index contributed by atoms with van der Waals surface area (Å²) in [7, 11) is -1.72. The highest BCUT2D eigenvalue weighted by molar-refractivity contribution is 7.44. The number of unbranched alkanes of at least 4 members (excludes halogenated alkanes) is 1. The number of rotatable bonds is 12. The first kappa shape index (κ1) is 28.3. The minimum Gasteiger partial charge on any atom is -0.394 e. The van der Waals surface area contributed by atoms with Crippen LogP contribution in [0.4, 0.5) is 10.2 Å². The number of anilines is 1. The number of aromatic nitrogens is 2. The molecule has 0 saturated carbocycles. The highest BCUT2D eigenvalue weighted by Gasteiger charge is 2.49. The Balaban J connectivity index is 2.27. The molecule has 5 atom stereocenters. The lowest BCUT2D eigenvalue weighted by atomic mass is 10.1. The molecule has 0 bridgehead atoms. The molecule has 12 heteroatoms. The number of amides is 1. The van der Waals surface area contributed by atoms with Crippen molar-refractivity contribution in [1.82, 2.24) is 14.2 Å². The SMILES string of the molecule is C#CCCCOP(OC1C(CO)OC(n2ccc(NC(C)=O)nc2=O)C1F)N(C(C)C)C(C)C. The fourth-order valence-electron chi connectivity index (χ4n) is 3.59. The van der Waals surface area contributed by atoms with Gasteiger partial charge in [-0.2, -0.15) is 4.98 Å². The van der Waals surface area contributed by atoms with Crippen LogP contribution < -0.4 is 11.0 Å². The van der Waals surface area contributed by atoms with Crippen molar-refractivity contribution in [1.29, 1.82) is 0 Å². The molecule has 2 rings (SSSR count). The van der Waals surface area contributed by atoms with Crippen molar-refractivity contribution in [3.8, 4) is 12.3 Å². The molecule has 1 saturated heterocycles. The Morgan fingerprint density at radius 1 is 1.44 bits per heavy atom. The number of nitrogens with one attached hydrogen (secondary N) is 1. The van der Waals surface area contributed by atoms with Crippen LogP contribution in [0, 0.1) is 12.3 Å². The smallest absolute Gasteiger partial charge is 0.351 e. The van der Waals surface area contributed by atoms with Crippen LogP contribution in [0.1, 0.15) is 53.7 Å². The Labute approximate surface area is 200 Å². The van der Waals surface area contributed by atoms with Crippen molar-refractivity contribution < 1.29 is 28.1 Å². The van der Waals surface area contributed by atoms with Crippen LogP contribution in [0.2, 0.25) is 0 Å². The van der Waals surface area contributed by atoms with Crippen LogP contribution in [0.25, 0.3) is 0 Å². The summed E-state index contributed by atoms with van der Waals surface area (Å²) >= 11 is 0. The Bertz CT molecular complexity index is 900. The molecule has 1 amide bonds. The van der Waals surface area contributed by atoms with Crippen molar-refractivity contribution in [3.05, 3.63) is 22.7 Å². The molecule has 10 nitrogen and oxygen atoms in total. The Morgan fingerprint density at radius 3 is 2.65 bits per heavy atom. The van der Waals surface area contributed by atoms with Crippen LogP contribution in [-0.4, -0.2) is 68.9 Å². The highest BCUT2D eigenvalue weighted by Crippen LogP contribution is 2.50. The lowest BCUT2D eigenvalue weighted by Gasteiger charge is -2.37. The molecule has 1 aromatic rings. The first-order valence-electron chi connectivity index (χ1n) is 11.2. The number of carbonyl (C=O) groups excluding carboxylic acids is 1. The molecule has 1 fully saturated rings. The van der Waals surface area contributed by atoms with E-state index in [0.717, 1.165) is 4.57 Å². The van der Waals surface area contributed by atoms with Gasteiger partial charge in [-0.1, -0.05) is 0 Å². The van der Waals surface area contributed by atoms with Gasteiger partial charge in [-0.3, -0.25) is 9.36 Å². The van der Waals surface area contributed by atoms with Gasteiger partial charge < -0.3 is 24.2 Å². The van der Waals surface area contributed by atoms with E-state index in [1.54, 1.807) is 0 Å². The zero-order valence-corrected chi connectivity index (χ0v) is 21.1. The predicted octanol–water partition coefficient (Wildman–Crippen LogP) is 2.59. The van der Waals surface area contributed by atoms with E-state index >= 15 is 4.39 Å². The number of hydrogen-bond donors (Lipinski definition) is 2. The number of aliphatic hydroxyl groups is 1. The number of hydrogen-bond acceptors (Lipinski definition) is 8. The Morgan fingerprint density at radius 2 is 2.12 bits per heavy atom. The van der Waals surface area contributed by atoms with Gasteiger partial charge in [0.25, 0.3) is 8.53 Å². The normalized spacial score (nSPS) is 23.4. The standard InChI is InChI=1S/C22H34FN4O6P/c1-7-8-9-12-31-34(27(14(2)3)15(4)5)33-20-17(13-28)32-21(19(20)23)26-11-10-18(24-16(6)29)25-22(26)30/h1,10-11,14-15,17,19-21,28H,8-9,12-13H2,2-6H3,(H,24,25,29,30). The second kappa shape index (κ2) is 13.2. The summed E-state index contributed by atoms with van der Waals surface area (Å²) in [5, 5.41) is 12.3. The molecule has 34 heavy (non-hydrogen) atoms. The van der Waals surface area contributed by atoms with E-state index in [0.29, 0.717) is 19.4 Å². The second-order valence-electron chi connectivity index (χ2n) is 8.39. The van der Waals surface area contributed by atoms with Crippen LogP contribution in [0.3, 0.4) is 0 Å². The summed E-state index contributed by atoms with van der Waals surface area (Å²) in [6, 6.07) is 1.44. The molecule has 190 valence electrons. The Kier molecular flexibility index (Phi) is 11.0. The van der Waals surface area contributed by atoms with Gasteiger partial charge in [0, 0.05) is 31.6 Å². The zero-order chi connectivity index (χ0) is 25.4. The third-order valence-electron chi connectivity index (χ3n) is 4.98. The molecule has 2 heterocycles. The maximum atomic E-state index is 15.6. The van der Waals surface area contributed by atoms with E-state index in [1.807, 2.05) is 32.4 Å². The molecule has 2 N–H and O–H groups in total. The van der Waals surface area contributed by atoms with Gasteiger partial charge in [-0.05, 0) is 40.2 Å². The fourth-order valence-corrected chi connectivity index (χ4v) is 5.40. The van der Waals surface area contributed by atoms with Gasteiger partial charge in [0.1, 0.15) is 18.0 Å². The molecule has 0 aliphatic carbocycles. The largest absolute Gasteiger partial charge is 0.394 e. The number of alkyl halides is 1. The van der Waals surface area contributed by atoms with Crippen LogP contribution in [-0.2, 0) is 18.6 Å². The van der Waals surface area contributed by atoms with Crippen molar-refractivity contribution in [2.45, 2.75) is 84.2 Å². The van der Waals surface area contributed by atoms with Crippen molar-refractivity contribution in [3.63, 3.8) is 0 Å². The van der Waals surface area contributed by atoms with Crippen LogP contribution in [0.5, 0.6) is 0 Å². The average Bonchev–Trinajstić information content (AvgIpc) is 3.05. The topological polar surface area (TPSA) is 115 Å². The van der Waals surface area contributed by atoms with E-state index in [4.69, 9.17) is 20.2 Å². The zero-order valence-electron chi connectivity index (χ0n) is 20.2. The van der Waals surface area contributed by atoms with Gasteiger partial charge in [-0.15, -0.1) is 12.3 Å². The van der Waals surface area contributed by atoms with E-state index in [-0.39, 0.29) is 17.9 Å². The summed E-state index contributed by atoms with van der Waals surface area (Å²) in [6.07, 6.45) is 2.39. The van der Waals surface area contributed by atoms with Gasteiger partial charge in [0.2, 0.25) is 5.91 Å². The second-order valence-corrected chi connectivity index (χ2v) is 9.80. The van der Waals surface area contributed by atoms with Gasteiger partial charge in [-0.25, -0.2) is 13.9 Å². The van der Waals surface area contributed by atoms with Gasteiger partial charge in [0.15, 0.2) is 12.4 Å². The first-order chi connectivity index (χ1) is 16.1. The molecular formula is C22H34FN4O6P. The molecular weight excluding hydrogens is 466 g/mol. The summed E-state index contributed by atoms with van der Waals surface area (Å²) < 4.78 is 36.4. The van der Waals surface area contributed by atoms with Crippen molar-refractivity contribution in [2.24, 2.45) is 0 Å². The highest BCUT2D eigenvalue weighted by atomic mass is 31.2. The summed E-state index contributed by atoms with van der Waals surface area (Å²) in [5.74, 6) is 2.20.